The van der Waals surface area contributed by atoms with Gasteiger partial charge in [-0.3, -0.25) is 5.32 Å². The van der Waals surface area contributed by atoms with Gasteiger partial charge in [-0.05, 0) is 27.7 Å². The minimum absolute atomic E-state index is 0.0409. The summed E-state index contributed by atoms with van der Waals surface area (Å²) >= 11 is 5.51. The zero-order chi connectivity index (χ0) is 15.3. The standard InChI is InChI=1S/C11H18ClNO6/c1-5-18-8(16)11(6-12,7(14)15)13-9(17)19-10(2,3)4/h5-6H2,1-4H3,(H,13,17)(H,14,15). The van der Waals surface area contributed by atoms with E-state index in [9.17, 15) is 14.4 Å². The van der Waals surface area contributed by atoms with Crippen molar-refractivity contribution in [2.24, 2.45) is 0 Å². The number of halogens is 1. The highest BCUT2D eigenvalue weighted by molar-refractivity contribution is 6.25. The number of alkyl carbamates (subject to hydrolysis) is 1. The minimum atomic E-state index is -2.36. The first-order valence-corrected chi connectivity index (χ1v) is 6.10. The van der Waals surface area contributed by atoms with Crippen LogP contribution in [0.5, 0.6) is 0 Å². The normalized spacial score (nSPS) is 14.2. The van der Waals surface area contributed by atoms with E-state index in [1.54, 1.807) is 20.8 Å². The molecule has 1 atom stereocenters. The predicted octanol–water partition coefficient (Wildman–Crippen LogP) is 1.14. The first-order valence-electron chi connectivity index (χ1n) is 5.56. The van der Waals surface area contributed by atoms with Crippen molar-refractivity contribution in [2.45, 2.75) is 38.8 Å². The van der Waals surface area contributed by atoms with Crippen LogP contribution in [0.15, 0.2) is 0 Å². The molecule has 0 aliphatic rings. The van der Waals surface area contributed by atoms with Gasteiger partial charge < -0.3 is 14.6 Å². The first-order chi connectivity index (χ1) is 8.59. The van der Waals surface area contributed by atoms with Crippen LogP contribution >= 0.6 is 11.6 Å². The molecular formula is C11H18ClNO6. The lowest BCUT2D eigenvalue weighted by molar-refractivity contribution is -0.161. The average Bonchev–Trinajstić information content (AvgIpc) is 2.23. The number of aliphatic carboxylic acids is 1. The molecule has 19 heavy (non-hydrogen) atoms. The maximum absolute atomic E-state index is 11.7. The van der Waals surface area contributed by atoms with Gasteiger partial charge in [0, 0.05) is 0 Å². The Bertz CT molecular complexity index is 365. The van der Waals surface area contributed by atoms with E-state index in [0.29, 0.717) is 0 Å². The van der Waals surface area contributed by atoms with Gasteiger partial charge in [-0.1, -0.05) is 0 Å². The van der Waals surface area contributed by atoms with Crippen molar-refractivity contribution in [3.63, 3.8) is 0 Å². The summed E-state index contributed by atoms with van der Waals surface area (Å²) in [4.78, 5) is 34.5. The monoisotopic (exact) mass is 295 g/mol. The van der Waals surface area contributed by atoms with E-state index in [1.165, 1.54) is 6.92 Å². The number of esters is 1. The number of carbonyl (C=O) groups excluding carboxylic acids is 2. The lowest BCUT2D eigenvalue weighted by atomic mass is 10.0. The quantitative estimate of drug-likeness (QED) is 0.448. The summed E-state index contributed by atoms with van der Waals surface area (Å²) in [5, 5.41) is 11.1. The molecule has 0 heterocycles. The first kappa shape index (κ1) is 17.5. The third kappa shape index (κ3) is 4.94. The van der Waals surface area contributed by atoms with Gasteiger partial charge in [-0.15, -0.1) is 11.6 Å². The van der Waals surface area contributed by atoms with Crippen LogP contribution < -0.4 is 5.32 Å². The number of hydrogen-bond donors (Lipinski definition) is 2. The largest absolute Gasteiger partial charge is 0.479 e. The van der Waals surface area contributed by atoms with E-state index in [0.717, 1.165) is 0 Å². The molecule has 8 heteroatoms. The highest BCUT2D eigenvalue weighted by Crippen LogP contribution is 2.14. The molecule has 0 aromatic rings. The highest BCUT2D eigenvalue weighted by atomic mass is 35.5. The fourth-order valence-electron chi connectivity index (χ4n) is 1.07. The second-order valence-corrected chi connectivity index (χ2v) is 4.96. The Labute approximate surface area is 116 Å². The number of nitrogens with one attached hydrogen (secondary N) is 1. The third-order valence-corrected chi connectivity index (χ3v) is 2.30. The Kier molecular flexibility index (Phi) is 6.08. The summed E-state index contributed by atoms with van der Waals surface area (Å²) in [5.41, 5.74) is -3.20. The second-order valence-electron chi connectivity index (χ2n) is 4.69. The van der Waals surface area contributed by atoms with Gasteiger partial charge in [-0.25, -0.2) is 14.4 Å². The molecular weight excluding hydrogens is 278 g/mol. The third-order valence-electron chi connectivity index (χ3n) is 1.90. The summed E-state index contributed by atoms with van der Waals surface area (Å²) in [5.74, 6) is -3.45. The van der Waals surface area contributed by atoms with Gasteiger partial charge in [0.2, 0.25) is 0 Å². The molecule has 7 nitrogen and oxygen atoms in total. The Hall–Kier alpha value is -1.50. The van der Waals surface area contributed by atoms with Crippen LogP contribution in [0.3, 0.4) is 0 Å². The molecule has 1 unspecified atom stereocenters. The number of carboxylic acid groups (broad SMARTS) is 1. The van der Waals surface area contributed by atoms with Crippen molar-refractivity contribution in [2.75, 3.05) is 12.5 Å². The number of ether oxygens (including phenoxy) is 2. The van der Waals surface area contributed by atoms with Gasteiger partial charge >= 0.3 is 18.0 Å². The zero-order valence-corrected chi connectivity index (χ0v) is 12.0. The summed E-state index contributed by atoms with van der Waals surface area (Å²) in [7, 11) is 0. The van der Waals surface area contributed by atoms with Crippen molar-refractivity contribution < 1.29 is 29.0 Å². The molecule has 0 spiro atoms. The molecule has 0 rings (SSSR count). The number of carbonyl (C=O) groups is 3. The van der Waals surface area contributed by atoms with Gasteiger partial charge in [0.1, 0.15) is 5.60 Å². The van der Waals surface area contributed by atoms with Gasteiger partial charge in [0.25, 0.3) is 5.54 Å². The fraction of sp³-hybridized carbons (Fsp3) is 0.727. The molecule has 0 aliphatic heterocycles. The van der Waals surface area contributed by atoms with E-state index < -0.39 is 35.1 Å². The summed E-state index contributed by atoms with van der Waals surface area (Å²) < 4.78 is 9.51. The molecule has 0 bridgehead atoms. The van der Waals surface area contributed by atoms with E-state index in [1.807, 2.05) is 5.32 Å². The predicted molar refractivity (Wildman–Crippen MR) is 67.1 cm³/mol. The van der Waals surface area contributed by atoms with Crippen molar-refractivity contribution in [1.29, 1.82) is 0 Å². The van der Waals surface area contributed by atoms with E-state index in [4.69, 9.17) is 21.4 Å². The van der Waals surface area contributed by atoms with Crippen molar-refractivity contribution in [3.05, 3.63) is 0 Å². The van der Waals surface area contributed by atoms with Crippen molar-refractivity contribution in [1.82, 2.24) is 5.32 Å². The molecule has 0 saturated carbocycles. The Morgan fingerprint density at radius 2 is 1.79 bits per heavy atom. The van der Waals surface area contributed by atoms with Gasteiger partial charge in [0.05, 0.1) is 12.5 Å². The molecule has 0 aliphatic carbocycles. The molecule has 1 amide bonds. The van der Waals surface area contributed by atoms with Crippen molar-refractivity contribution in [3.8, 4) is 0 Å². The van der Waals surface area contributed by atoms with Crippen LogP contribution in [-0.2, 0) is 19.1 Å². The zero-order valence-electron chi connectivity index (χ0n) is 11.3. The molecule has 0 aromatic carbocycles. The molecule has 0 aromatic heterocycles. The number of alkyl halides is 1. The van der Waals surface area contributed by atoms with E-state index in [2.05, 4.69) is 4.74 Å². The molecule has 0 fully saturated rings. The lowest BCUT2D eigenvalue weighted by Gasteiger charge is -2.28. The maximum atomic E-state index is 11.7. The van der Waals surface area contributed by atoms with Gasteiger partial charge in [-0.2, -0.15) is 0 Å². The minimum Gasteiger partial charge on any atom is -0.479 e. The molecule has 110 valence electrons. The summed E-state index contributed by atoms with van der Waals surface area (Å²) in [6.45, 7) is 6.26. The van der Waals surface area contributed by atoms with Crippen LogP contribution in [0.2, 0.25) is 0 Å². The van der Waals surface area contributed by atoms with Crippen molar-refractivity contribution >= 4 is 29.6 Å². The Morgan fingerprint density at radius 1 is 1.26 bits per heavy atom. The topological polar surface area (TPSA) is 102 Å². The highest BCUT2D eigenvalue weighted by Gasteiger charge is 2.49. The summed E-state index contributed by atoms with van der Waals surface area (Å²) in [6.07, 6.45) is -1.07. The number of hydrogen-bond acceptors (Lipinski definition) is 5. The Balaban J connectivity index is 5.12. The Morgan fingerprint density at radius 3 is 2.11 bits per heavy atom. The number of amides is 1. The number of rotatable bonds is 5. The van der Waals surface area contributed by atoms with E-state index >= 15 is 0 Å². The molecule has 0 saturated heterocycles. The van der Waals surface area contributed by atoms with Crippen LogP contribution in [0.25, 0.3) is 0 Å². The second kappa shape index (κ2) is 6.60. The maximum Gasteiger partial charge on any atom is 0.409 e. The average molecular weight is 296 g/mol. The van der Waals surface area contributed by atoms with E-state index in [-0.39, 0.29) is 6.61 Å². The van der Waals surface area contributed by atoms with Crippen LogP contribution in [-0.4, -0.2) is 46.8 Å². The number of carboxylic acids is 1. The van der Waals surface area contributed by atoms with Crippen LogP contribution in [0.1, 0.15) is 27.7 Å². The van der Waals surface area contributed by atoms with Crippen LogP contribution in [0, 0.1) is 0 Å². The van der Waals surface area contributed by atoms with Crippen LogP contribution in [0.4, 0.5) is 4.79 Å². The SMILES string of the molecule is CCOC(=O)C(CCl)(NC(=O)OC(C)(C)C)C(=O)O. The lowest BCUT2D eigenvalue weighted by Crippen LogP contribution is -2.62. The molecule has 0 radical (unpaired) electrons. The van der Waals surface area contributed by atoms with Gasteiger partial charge in [0.15, 0.2) is 0 Å². The summed E-state index contributed by atoms with van der Waals surface area (Å²) in [6, 6.07) is 0. The fourth-order valence-corrected chi connectivity index (χ4v) is 1.36. The smallest absolute Gasteiger partial charge is 0.409 e. The molecule has 2 N–H and O–H groups in total.